The Bertz CT molecular complexity index is 570. The molecule has 20 heavy (non-hydrogen) atoms. The van der Waals surface area contributed by atoms with Crippen LogP contribution in [-0.2, 0) is 6.42 Å². The highest BCUT2D eigenvalue weighted by atomic mass is 35.5. The lowest BCUT2D eigenvalue weighted by molar-refractivity contribution is 0.365. The van der Waals surface area contributed by atoms with E-state index in [0.29, 0.717) is 12.4 Å². The van der Waals surface area contributed by atoms with Crippen molar-refractivity contribution in [3.8, 4) is 0 Å². The Kier molecular flexibility index (Phi) is 4.90. The second-order valence-corrected chi connectivity index (χ2v) is 5.08. The van der Waals surface area contributed by atoms with Crippen molar-refractivity contribution in [2.75, 3.05) is 11.9 Å². The molecular formula is C15H17ClFN3. The van der Waals surface area contributed by atoms with Crippen LogP contribution in [0, 0.1) is 6.92 Å². The van der Waals surface area contributed by atoms with Crippen molar-refractivity contribution in [2.24, 2.45) is 0 Å². The third kappa shape index (κ3) is 3.67. The van der Waals surface area contributed by atoms with E-state index in [1.54, 1.807) is 0 Å². The molecule has 106 valence electrons. The number of hydrogen-bond donors (Lipinski definition) is 1. The molecule has 0 amide bonds. The van der Waals surface area contributed by atoms with Crippen LogP contribution in [-0.4, -0.2) is 16.5 Å². The molecule has 1 unspecified atom stereocenters. The number of anilines is 1. The average molecular weight is 294 g/mol. The molecule has 1 aromatic heterocycles. The largest absolute Gasteiger partial charge is 0.368 e. The highest BCUT2D eigenvalue weighted by molar-refractivity contribution is 6.33. The highest BCUT2D eigenvalue weighted by Gasteiger charge is 2.14. The van der Waals surface area contributed by atoms with Gasteiger partial charge in [-0.2, -0.15) is 0 Å². The molecule has 3 nitrogen and oxygen atoms in total. The zero-order chi connectivity index (χ0) is 14.5. The van der Waals surface area contributed by atoms with Gasteiger partial charge in [-0.3, -0.25) is 0 Å². The molecule has 5 heteroatoms. The molecule has 0 fully saturated rings. The number of aryl methyl sites for hydroxylation is 1. The second kappa shape index (κ2) is 6.66. The molecule has 0 aliphatic rings. The van der Waals surface area contributed by atoms with E-state index in [0.717, 1.165) is 6.42 Å². The predicted octanol–water partition coefficient (Wildman–Crippen LogP) is 4.12. The van der Waals surface area contributed by atoms with Gasteiger partial charge in [0.05, 0.1) is 5.69 Å². The smallest absolute Gasteiger partial charge is 0.148 e. The van der Waals surface area contributed by atoms with Gasteiger partial charge >= 0.3 is 0 Å². The number of hydrogen-bond acceptors (Lipinski definition) is 3. The summed E-state index contributed by atoms with van der Waals surface area (Å²) in [6, 6.07) is 8.34. The minimum Gasteiger partial charge on any atom is -0.368 e. The van der Waals surface area contributed by atoms with Gasteiger partial charge in [-0.05, 0) is 25.8 Å². The Morgan fingerprint density at radius 3 is 2.60 bits per heavy atom. The first kappa shape index (κ1) is 14.7. The van der Waals surface area contributed by atoms with E-state index < -0.39 is 6.17 Å². The summed E-state index contributed by atoms with van der Waals surface area (Å²) < 4.78 is 13.3. The van der Waals surface area contributed by atoms with Crippen LogP contribution < -0.4 is 5.32 Å². The molecule has 0 saturated heterocycles. The summed E-state index contributed by atoms with van der Waals surface area (Å²) in [5.41, 5.74) is 2.69. The zero-order valence-corrected chi connectivity index (χ0v) is 12.3. The van der Waals surface area contributed by atoms with E-state index in [-0.39, 0.29) is 10.7 Å². The van der Waals surface area contributed by atoms with E-state index >= 15 is 0 Å². The van der Waals surface area contributed by atoms with Crippen LogP contribution in [0.1, 0.15) is 29.9 Å². The Morgan fingerprint density at radius 1 is 1.25 bits per heavy atom. The van der Waals surface area contributed by atoms with Crippen LogP contribution in [0.5, 0.6) is 0 Å². The first-order chi connectivity index (χ1) is 9.58. The molecule has 0 spiro atoms. The van der Waals surface area contributed by atoms with Gasteiger partial charge in [0.2, 0.25) is 0 Å². The van der Waals surface area contributed by atoms with E-state index in [9.17, 15) is 4.39 Å². The van der Waals surface area contributed by atoms with Crippen molar-refractivity contribution in [1.29, 1.82) is 0 Å². The summed E-state index contributed by atoms with van der Waals surface area (Å²) in [7, 11) is 0. The summed E-state index contributed by atoms with van der Waals surface area (Å²) in [5, 5.41) is 3.38. The van der Waals surface area contributed by atoms with Gasteiger partial charge in [0, 0.05) is 6.54 Å². The van der Waals surface area contributed by atoms with Crippen molar-refractivity contribution < 1.29 is 4.39 Å². The molecule has 1 N–H and O–H groups in total. The number of alkyl halides is 1. The molecule has 0 radical (unpaired) electrons. The summed E-state index contributed by atoms with van der Waals surface area (Å²) in [4.78, 5) is 7.90. The summed E-state index contributed by atoms with van der Waals surface area (Å²) in [6.45, 7) is 4.15. The van der Waals surface area contributed by atoms with E-state index in [4.69, 9.17) is 11.6 Å². The van der Waals surface area contributed by atoms with Gasteiger partial charge in [-0.25, -0.2) is 14.4 Å². The fourth-order valence-electron chi connectivity index (χ4n) is 1.86. The standard InChI is InChI=1S/C15H17ClFN3/c1-10-3-5-12(6-4-10)7-8-18-15-13(16)14(11(2)17)19-9-20-15/h3-6,9,11H,7-8H2,1-2H3,(H,18,19,20). The topological polar surface area (TPSA) is 37.8 Å². The van der Waals surface area contributed by atoms with Crippen LogP contribution in [0.4, 0.5) is 10.2 Å². The van der Waals surface area contributed by atoms with E-state index in [2.05, 4.69) is 46.5 Å². The lowest BCUT2D eigenvalue weighted by Crippen LogP contribution is -2.08. The number of aromatic nitrogens is 2. The number of halogens is 2. The molecule has 0 aliphatic carbocycles. The SMILES string of the molecule is Cc1ccc(CCNc2ncnc(C(C)F)c2Cl)cc1. The maximum Gasteiger partial charge on any atom is 0.148 e. The van der Waals surface area contributed by atoms with Gasteiger partial charge in [-0.1, -0.05) is 41.4 Å². The Balaban J connectivity index is 1.97. The first-order valence-corrected chi connectivity index (χ1v) is 6.89. The minimum atomic E-state index is -1.21. The maximum atomic E-state index is 13.3. The number of nitrogens with one attached hydrogen (secondary N) is 1. The van der Waals surface area contributed by atoms with Gasteiger partial charge in [-0.15, -0.1) is 0 Å². The third-order valence-corrected chi connectivity index (χ3v) is 3.39. The fourth-order valence-corrected chi connectivity index (χ4v) is 2.18. The Labute approximate surface area is 123 Å². The average Bonchev–Trinajstić information content (AvgIpc) is 2.42. The monoisotopic (exact) mass is 293 g/mol. The molecule has 0 bridgehead atoms. The molecule has 2 aromatic rings. The Hall–Kier alpha value is -1.68. The normalized spacial score (nSPS) is 12.2. The summed E-state index contributed by atoms with van der Waals surface area (Å²) in [5.74, 6) is 0.480. The highest BCUT2D eigenvalue weighted by Crippen LogP contribution is 2.27. The maximum absolute atomic E-state index is 13.3. The summed E-state index contributed by atoms with van der Waals surface area (Å²) >= 11 is 6.08. The van der Waals surface area contributed by atoms with Crippen LogP contribution in [0.25, 0.3) is 0 Å². The number of benzene rings is 1. The summed E-state index contributed by atoms with van der Waals surface area (Å²) in [6.07, 6.45) is 0.968. The molecule has 1 atom stereocenters. The van der Waals surface area contributed by atoms with Crippen LogP contribution in [0.15, 0.2) is 30.6 Å². The molecule has 0 aliphatic heterocycles. The molecule has 1 aromatic carbocycles. The van der Waals surface area contributed by atoms with Crippen molar-refractivity contribution in [3.63, 3.8) is 0 Å². The first-order valence-electron chi connectivity index (χ1n) is 6.52. The van der Waals surface area contributed by atoms with Gasteiger partial charge in [0.25, 0.3) is 0 Å². The van der Waals surface area contributed by atoms with Crippen molar-refractivity contribution in [1.82, 2.24) is 9.97 Å². The van der Waals surface area contributed by atoms with Crippen LogP contribution in [0.3, 0.4) is 0 Å². The third-order valence-electron chi connectivity index (χ3n) is 3.02. The quantitative estimate of drug-likeness (QED) is 0.901. The molecule has 0 saturated carbocycles. The van der Waals surface area contributed by atoms with E-state index in [1.807, 2.05) is 0 Å². The zero-order valence-electron chi connectivity index (χ0n) is 11.5. The van der Waals surface area contributed by atoms with Crippen LogP contribution in [0.2, 0.25) is 5.02 Å². The van der Waals surface area contributed by atoms with Crippen molar-refractivity contribution >= 4 is 17.4 Å². The minimum absolute atomic E-state index is 0.222. The molecule has 1 heterocycles. The fraction of sp³-hybridized carbons (Fsp3) is 0.333. The molecular weight excluding hydrogens is 277 g/mol. The number of rotatable bonds is 5. The van der Waals surface area contributed by atoms with Crippen molar-refractivity contribution in [2.45, 2.75) is 26.4 Å². The Morgan fingerprint density at radius 2 is 1.95 bits per heavy atom. The van der Waals surface area contributed by atoms with Gasteiger partial charge < -0.3 is 5.32 Å². The van der Waals surface area contributed by atoms with Crippen molar-refractivity contribution in [3.05, 3.63) is 52.4 Å². The van der Waals surface area contributed by atoms with Crippen LogP contribution >= 0.6 is 11.6 Å². The number of nitrogens with zero attached hydrogens (tertiary/aromatic N) is 2. The van der Waals surface area contributed by atoms with Gasteiger partial charge in [0.15, 0.2) is 0 Å². The predicted molar refractivity (Wildman–Crippen MR) is 79.9 cm³/mol. The van der Waals surface area contributed by atoms with Gasteiger partial charge in [0.1, 0.15) is 23.3 Å². The second-order valence-electron chi connectivity index (χ2n) is 4.70. The lowest BCUT2D eigenvalue weighted by Gasteiger charge is -2.10. The van der Waals surface area contributed by atoms with E-state index in [1.165, 1.54) is 24.4 Å². The molecule has 2 rings (SSSR count). The lowest BCUT2D eigenvalue weighted by atomic mass is 10.1.